The molecule has 0 bridgehead atoms. The molecule has 3 aromatic rings. The Hall–Kier alpha value is -2.66. The SMILES string of the molecule is CCOc1ccc(Cc2cc([C@@H]3O[C@H](CSc4cc(C(N)=O)ccc4F)[C@@H](O)[C@H](O)[C@H]3O)ccc2Cl)cc1. The van der Waals surface area contributed by atoms with Crippen molar-refractivity contribution >= 4 is 29.3 Å². The molecule has 38 heavy (non-hydrogen) atoms. The van der Waals surface area contributed by atoms with Gasteiger partial charge in [-0.1, -0.05) is 35.9 Å². The molecule has 0 unspecified atom stereocenters. The highest BCUT2D eigenvalue weighted by atomic mass is 35.5. The van der Waals surface area contributed by atoms with E-state index in [1.54, 1.807) is 18.2 Å². The third-order valence-corrected chi connectivity index (χ3v) is 7.85. The number of rotatable bonds is 9. The van der Waals surface area contributed by atoms with Crippen molar-refractivity contribution in [3.8, 4) is 5.75 Å². The predicted octanol–water partition coefficient (Wildman–Crippen LogP) is 3.88. The molecule has 3 aromatic carbocycles. The van der Waals surface area contributed by atoms with Crippen molar-refractivity contribution in [2.45, 2.75) is 48.8 Å². The fraction of sp³-hybridized carbons (Fsp3) is 0.321. The lowest BCUT2D eigenvalue weighted by Gasteiger charge is -2.41. The predicted molar refractivity (Wildman–Crippen MR) is 143 cm³/mol. The number of aliphatic hydroxyl groups is 3. The maximum Gasteiger partial charge on any atom is 0.248 e. The molecule has 1 fully saturated rings. The van der Waals surface area contributed by atoms with Crippen molar-refractivity contribution in [3.05, 3.63) is 93.8 Å². The first kappa shape index (κ1) is 28.4. The second-order valence-electron chi connectivity index (χ2n) is 8.99. The van der Waals surface area contributed by atoms with Gasteiger partial charge < -0.3 is 30.5 Å². The van der Waals surface area contributed by atoms with E-state index in [2.05, 4.69) is 0 Å². The number of aliphatic hydroxyl groups excluding tert-OH is 3. The summed E-state index contributed by atoms with van der Waals surface area (Å²) in [6, 6.07) is 16.6. The number of hydrogen-bond donors (Lipinski definition) is 4. The van der Waals surface area contributed by atoms with Gasteiger partial charge in [0.05, 0.1) is 12.7 Å². The zero-order valence-electron chi connectivity index (χ0n) is 20.6. The van der Waals surface area contributed by atoms with E-state index in [1.807, 2.05) is 31.2 Å². The minimum atomic E-state index is -1.49. The van der Waals surface area contributed by atoms with Gasteiger partial charge in [-0.05, 0) is 66.4 Å². The molecule has 1 amide bonds. The van der Waals surface area contributed by atoms with E-state index in [1.165, 1.54) is 12.1 Å². The Morgan fingerprint density at radius 1 is 1.05 bits per heavy atom. The highest BCUT2D eigenvalue weighted by Crippen LogP contribution is 2.36. The molecule has 7 nitrogen and oxygen atoms in total. The van der Waals surface area contributed by atoms with E-state index >= 15 is 0 Å². The van der Waals surface area contributed by atoms with Crippen molar-refractivity contribution in [2.75, 3.05) is 12.4 Å². The Labute approximate surface area is 229 Å². The zero-order chi connectivity index (χ0) is 27.4. The molecule has 1 heterocycles. The van der Waals surface area contributed by atoms with Crippen LogP contribution >= 0.6 is 23.4 Å². The van der Waals surface area contributed by atoms with Crippen LogP contribution in [0, 0.1) is 5.82 Å². The number of thioether (sulfide) groups is 1. The van der Waals surface area contributed by atoms with Gasteiger partial charge in [-0.15, -0.1) is 11.8 Å². The second-order valence-corrected chi connectivity index (χ2v) is 10.5. The molecule has 1 saturated heterocycles. The molecular formula is C28H29ClFNO6S. The molecule has 0 spiro atoms. The van der Waals surface area contributed by atoms with Crippen LogP contribution in [0.4, 0.5) is 4.39 Å². The van der Waals surface area contributed by atoms with Gasteiger partial charge in [0.15, 0.2) is 0 Å². The Bertz CT molecular complexity index is 1280. The minimum Gasteiger partial charge on any atom is -0.494 e. The summed E-state index contributed by atoms with van der Waals surface area (Å²) in [4.78, 5) is 11.6. The van der Waals surface area contributed by atoms with Crippen LogP contribution in [-0.2, 0) is 11.2 Å². The fourth-order valence-corrected chi connectivity index (χ4v) is 5.52. The Balaban J connectivity index is 1.52. The van der Waals surface area contributed by atoms with Crippen molar-refractivity contribution in [1.82, 2.24) is 0 Å². The summed E-state index contributed by atoms with van der Waals surface area (Å²) in [6.07, 6.45) is -5.69. The number of carbonyl (C=O) groups is 1. The molecule has 1 aliphatic rings. The minimum absolute atomic E-state index is 0.0488. The third-order valence-electron chi connectivity index (χ3n) is 6.36. The Kier molecular flexibility index (Phi) is 9.30. The normalized spacial score (nSPS) is 23.3. The Morgan fingerprint density at radius 3 is 2.47 bits per heavy atom. The number of halogens is 2. The molecule has 5 N–H and O–H groups in total. The zero-order valence-corrected chi connectivity index (χ0v) is 22.2. The van der Waals surface area contributed by atoms with Gasteiger partial charge in [0.25, 0.3) is 0 Å². The summed E-state index contributed by atoms with van der Waals surface area (Å²) >= 11 is 7.47. The fourth-order valence-electron chi connectivity index (χ4n) is 4.30. The molecule has 10 heteroatoms. The van der Waals surface area contributed by atoms with Gasteiger partial charge in [-0.25, -0.2) is 4.39 Å². The van der Waals surface area contributed by atoms with Crippen LogP contribution in [0.3, 0.4) is 0 Å². The lowest BCUT2D eigenvalue weighted by molar-refractivity contribution is -0.218. The van der Waals surface area contributed by atoms with Crippen molar-refractivity contribution in [3.63, 3.8) is 0 Å². The van der Waals surface area contributed by atoms with Crippen LogP contribution in [0.5, 0.6) is 5.75 Å². The number of primary amides is 1. The van der Waals surface area contributed by atoms with Gasteiger partial charge >= 0.3 is 0 Å². The highest BCUT2D eigenvalue weighted by molar-refractivity contribution is 7.99. The number of hydrogen-bond acceptors (Lipinski definition) is 7. The number of carbonyl (C=O) groups excluding carboxylic acids is 1. The van der Waals surface area contributed by atoms with Crippen LogP contribution in [0.15, 0.2) is 65.6 Å². The van der Waals surface area contributed by atoms with E-state index in [0.29, 0.717) is 23.6 Å². The molecule has 0 saturated carbocycles. The molecule has 202 valence electrons. The lowest BCUT2D eigenvalue weighted by Crippen LogP contribution is -2.54. The Morgan fingerprint density at radius 2 is 1.79 bits per heavy atom. The van der Waals surface area contributed by atoms with Gasteiger partial charge in [0.1, 0.15) is 36.0 Å². The number of nitrogens with two attached hydrogens (primary N) is 1. The summed E-state index contributed by atoms with van der Waals surface area (Å²) in [5.41, 5.74) is 7.81. The van der Waals surface area contributed by atoms with E-state index in [0.717, 1.165) is 34.7 Å². The van der Waals surface area contributed by atoms with Crippen molar-refractivity contribution < 1.29 is 34.0 Å². The standard InChI is InChI=1S/C28H29ClFNO6S/c1-2-36-19-7-3-15(4-8-19)11-18-12-16(5-9-20(18)29)27-26(34)25(33)24(32)22(37-27)14-38-23-13-17(28(31)35)6-10-21(23)30/h3-10,12-13,22,24-27,32-34H,2,11,14H2,1H3,(H2,31,35)/t22-,24-,25+,26-,27+/m1/s1. The van der Waals surface area contributed by atoms with E-state index in [-0.39, 0.29) is 16.2 Å². The molecule has 0 radical (unpaired) electrons. The smallest absolute Gasteiger partial charge is 0.248 e. The van der Waals surface area contributed by atoms with Crippen LogP contribution in [0.2, 0.25) is 5.02 Å². The second kappa shape index (κ2) is 12.5. The monoisotopic (exact) mass is 561 g/mol. The average Bonchev–Trinajstić information content (AvgIpc) is 2.90. The van der Waals surface area contributed by atoms with E-state index in [4.69, 9.17) is 26.8 Å². The molecular weight excluding hydrogens is 533 g/mol. The molecule has 1 aliphatic heterocycles. The number of amides is 1. The van der Waals surface area contributed by atoms with Gasteiger partial charge in [-0.2, -0.15) is 0 Å². The molecule has 5 atom stereocenters. The summed E-state index contributed by atoms with van der Waals surface area (Å²) in [7, 11) is 0. The molecule has 0 aliphatic carbocycles. The number of benzene rings is 3. The average molecular weight is 562 g/mol. The first-order chi connectivity index (χ1) is 18.2. The van der Waals surface area contributed by atoms with E-state index in [9.17, 15) is 24.5 Å². The quantitative estimate of drug-likeness (QED) is 0.292. The first-order valence-electron chi connectivity index (χ1n) is 12.1. The van der Waals surface area contributed by atoms with Crippen LogP contribution in [-0.4, -0.2) is 58.0 Å². The summed E-state index contributed by atoms with van der Waals surface area (Å²) in [5.74, 6) is -0.428. The largest absolute Gasteiger partial charge is 0.494 e. The van der Waals surface area contributed by atoms with Crippen molar-refractivity contribution in [1.29, 1.82) is 0 Å². The first-order valence-corrected chi connectivity index (χ1v) is 13.5. The van der Waals surface area contributed by atoms with Gasteiger partial charge in [-0.3, -0.25) is 4.79 Å². The molecule has 0 aromatic heterocycles. The topological polar surface area (TPSA) is 122 Å². The van der Waals surface area contributed by atoms with Gasteiger partial charge in [0.2, 0.25) is 5.91 Å². The molecule has 4 rings (SSSR count). The summed E-state index contributed by atoms with van der Waals surface area (Å²) in [5, 5.41) is 32.4. The van der Waals surface area contributed by atoms with Crippen molar-refractivity contribution in [2.24, 2.45) is 5.73 Å². The maximum atomic E-state index is 14.3. The van der Waals surface area contributed by atoms with E-state index < -0.39 is 42.2 Å². The maximum absolute atomic E-state index is 14.3. The highest BCUT2D eigenvalue weighted by Gasteiger charge is 2.44. The third kappa shape index (κ3) is 6.48. The lowest BCUT2D eigenvalue weighted by atomic mass is 9.90. The summed E-state index contributed by atoms with van der Waals surface area (Å²) < 4.78 is 25.8. The summed E-state index contributed by atoms with van der Waals surface area (Å²) in [6.45, 7) is 2.49. The van der Waals surface area contributed by atoms with Crippen LogP contribution in [0.25, 0.3) is 0 Å². The van der Waals surface area contributed by atoms with Crippen LogP contribution in [0.1, 0.15) is 40.1 Å². The van der Waals surface area contributed by atoms with Crippen LogP contribution < -0.4 is 10.5 Å². The number of ether oxygens (including phenoxy) is 2. The van der Waals surface area contributed by atoms with Gasteiger partial charge in [0, 0.05) is 21.2 Å².